The molecule has 0 aliphatic heterocycles. The minimum Gasteiger partial charge on any atom is -0.507 e. The van der Waals surface area contributed by atoms with E-state index in [1.54, 1.807) is 6.07 Å². The molecule has 1 nitrogen and oxygen atoms in total. The van der Waals surface area contributed by atoms with Crippen LogP contribution in [0.2, 0.25) is 0 Å². The number of hydrogen-bond acceptors (Lipinski definition) is 1. The Morgan fingerprint density at radius 3 is 1.92 bits per heavy atom. The van der Waals surface area contributed by atoms with Gasteiger partial charge in [0.15, 0.2) is 0 Å². The summed E-state index contributed by atoms with van der Waals surface area (Å²) in [6, 6.07) is 1.78. The van der Waals surface area contributed by atoms with Crippen LogP contribution >= 0.6 is 90.4 Å². The van der Waals surface area contributed by atoms with Crippen molar-refractivity contribution in [1.82, 2.24) is 0 Å². The Hall–Kier alpha value is 2.54. The molecule has 0 aliphatic rings. The predicted molar refractivity (Wildman–Crippen MR) is 84.7 cm³/mol. The molecule has 0 aliphatic carbocycles. The first-order valence-electron chi connectivity index (χ1n) is 2.56. The van der Waals surface area contributed by atoms with Crippen molar-refractivity contribution < 1.29 is 5.11 Å². The van der Waals surface area contributed by atoms with Crippen molar-refractivity contribution in [2.24, 2.45) is 0 Å². The van der Waals surface area contributed by atoms with Gasteiger partial charge in [0.25, 0.3) is 0 Å². The molecule has 0 aromatic heterocycles. The summed E-state index contributed by atoms with van der Waals surface area (Å²) in [5.41, 5.74) is 0. The van der Waals surface area contributed by atoms with Crippen molar-refractivity contribution in [2.45, 2.75) is 0 Å². The van der Waals surface area contributed by atoms with E-state index in [1.807, 2.05) is 0 Å². The summed E-state index contributed by atoms with van der Waals surface area (Å²) in [6.45, 7) is 0. The van der Waals surface area contributed by atoms with Gasteiger partial charge in [-0.15, -0.1) is 0 Å². The van der Waals surface area contributed by atoms with E-state index in [0.29, 0.717) is 5.75 Å². The smallest absolute Gasteiger partial charge is 0.131 e. The second kappa shape index (κ2) is 6.19. The van der Waals surface area contributed by atoms with Gasteiger partial charge in [0.05, 0.1) is 3.57 Å². The van der Waals surface area contributed by atoms with Crippen molar-refractivity contribution in [3.63, 3.8) is 0 Å². The third kappa shape index (κ3) is 3.29. The predicted octanol–water partition coefficient (Wildman–Crippen LogP) is 3.43. The van der Waals surface area contributed by atoms with Crippen LogP contribution in [-0.2, 0) is 0 Å². The molecule has 0 spiro atoms. The third-order valence-corrected chi connectivity index (χ3v) is 8.32. The first kappa shape index (κ1) is 14.5. The molecule has 12 heavy (non-hydrogen) atoms. The van der Waals surface area contributed by atoms with Crippen molar-refractivity contribution in [3.8, 4) is 5.75 Å². The molecule has 0 heterocycles. The molecule has 1 aromatic rings. The molecule has 0 fully saturated rings. The summed E-state index contributed by atoms with van der Waals surface area (Å²) in [6.07, 6.45) is 0. The third-order valence-electron chi connectivity index (χ3n) is 1.08. The Morgan fingerprint density at radius 1 is 0.917 bits per heavy atom. The molecule has 1 rings (SSSR count). The summed E-state index contributed by atoms with van der Waals surface area (Å²) in [4.78, 5) is 0. The fourth-order valence-electron chi connectivity index (χ4n) is 0.560. The van der Waals surface area contributed by atoms with E-state index in [-0.39, 0.29) is 18.9 Å². The zero-order chi connectivity index (χ0) is 8.59. The minimum atomic E-state index is 0. The molecule has 0 saturated carbocycles. The maximum absolute atomic E-state index is 9.38. The number of phenols is 1. The van der Waals surface area contributed by atoms with Crippen molar-refractivity contribution in [1.29, 1.82) is 0 Å². The van der Waals surface area contributed by atoms with Gasteiger partial charge in [0.2, 0.25) is 0 Å². The van der Waals surface area contributed by atoms with Crippen molar-refractivity contribution >= 4 is 109 Å². The van der Waals surface area contributed by atoms with Gasteiger partial charge in [-0.3, -0.25) is 0 Å². The van der Waals surface area contributed by atoms with Gasteiger partial charge >= 0.3 is 0 Å². The summed E-state index contributed by atoms with van der Waals surface area (Å²) >= 11 is 8.88. The van der Waals surface area contributed by atoms with Gasteiger partial charge < -0.3 is 5.11 Å². The molecule has 0 saturated heterocycles. The summed E-state index contributed by atoms with van der Waals surface area (Å²) in [7, 11) is 0. The second-order valence-electron chi connectivity index (χ2n) is 1.82. The Labute approximate surface area is 138 Å². The van der Waals surface area contributed by atoms with Crippen LogP contribution in [-0.4, -0.2) is 24.0 Å². The van der Waals surface area contributed by atoms with E-state index in [0.717, 1.165) is 10.7 Å². The van der Waals surface area contributed by atoms with E-state index in [2.05, 4.69) is 90.4 Å². The Balaban J connectivity index is 0.00000121. The van der Waals surface area contributed by atoms with Crippen molar-refractivity contribution in [2.75, 3.05) is 0 Å². The minimum absolute atomic E-state index is 0. The van der Waals surface area contributed by atoms with Gasteiger partial charge in [-0.2, -0.15) is 0 Å². The SMILES string of the molecule is Oc1cc(I)c(I)c(I)c1I.[Li]. The topological polar surface area (TPSA) is 20.2 Å². The Bertz CT molecular complexity index is 276. The second-order valence-corrected chi connectivity index (χ2v) is 6.22. The zero-order valence-electron chi connectivity index (χ0n) is 6.04. The average Bonchev–Trinajstić information content (AvgIpc) is 1.97. The zero-order valence-corrected chi connectivity index (χ0v) is 14.7. The van der Waals surface area contributed by atoms with Gasteiger partial charge in [-0.1, -0.05) is 0 Å². The van der Waals surface area contributed by atoms with E-state index >= 15 is 0 Å². The molecular formula is C6H2I4LiO. The first-order valence-corrected chi connectivity index (χ1v) is 6.87. The quantitative estimate of drug-likeness (QED) is 0.208. The van der Waals surface area contributed by atoms with E-state index in [4.69, 9.17) is 0 Å². The molecule has 61 valence electrons. The summed E-state index contributed by atoms with van der Waals surface area (Å²) in [5.74, 6) is 0.375. The summed E-state index contributed by atoms with van der Waals surface area (Å²) in [5, 5.41) is 9.38. The average molecular weight is 605 g/mol. The van der Waals surface area contributed by atoms with Gasteiger partial charge in [-0.05, 0) is 96.4 Å². The van der Waals surface area contributed by atoms with Crippen LogP contribution < -0.4 is 0 Å². The number of aromatic hydroxyl groups is 1. The first-order chi connectivity index (χ1) is 5.04. The molecule has 6 heteroatoms. The van der Waals surface area contributed by atoms with Crippen LogP contribution in [0.25, 0.3) is 0 Å². The molecule has 1 radical (unpaired) electrons. The Kier molecular flexibility index (Phi) is 7.50. The van der Waals surface area contributed by atoms with Crippen LogP contribution in [0.1, 0.15) is 0 Å². The van der Waals surface area contributed by atoms with Crippen LogP contribution in [0.3, 0.4) is 0 Å². The van der Waals surface area contributed by atoms with Crippen molar-refractivity contribution in [3.05, 3.63) is 20.3 Å². The van der Waals surface area contributed by atoms with E-state index < -0.39 is 0 Å². The molecule has 0 bridgehead atoms. The van der Waals surface area contributed by atoms with Crippen LogP contribution in [0.4, 0.5) is 0 Å². The number of hydrogen-bond donors (Lipinski definition) is 1. The van der Waals surface area contributed by atoms with E-state index in [9.17, 15) is 5.11 Å². The fourth-order valence-corrected chi connectivity index (χ4v) is 3.57. The molecule has 0 amide bonds. The van der Waals surface area contributed by atoms with Gasteiger partial charge in [-0.25, -0.2) is 0 Å². The number of halogens is 4. The summed E-state index contributed by atoms with van der Waals surface area (Å²) < 4.78 is 4.39. The Morgan fingerprint density at radius 2 is 1.42 bits per heavy atom. The van der Waals surface area contributed by atoms with Crippen LogP contribution in [0.15, 0.2) is 6.07 Å². The molecule has 1 N–H and O–H groups in total. The number of phenolic OH excluding ortho intramolecular Hbond substituents is 1. The van der Waals surface area contributed by atoms with Crippen LogP contribution in [0, 0.1) is 14.3 Å². The maximum atomic E-state index is 9.38. The van der Waals surface area contributed by atoms with E-state index in [1.165, 1.54) is 3.57 Å². The molecule has 0 atom stereocenters. The van der Waals surface area contributed by atoms with Gasteiger partial charge in [0.1, 0.15) is 5.75 Å². The normalized spacial score (nSPS) is 9.33. The standard InChI is InChI=1S/C6H2I4O.Li/c7-2-1-3(11)5(9)6(10)4(2)8;/h1,11H;. The van der Waals surface area contributed by atoms with Gasteiger partial charge in [0, 0.05) is 29.6 Å². The largest absolute Gasteiger partial charge is 0.507 e. The maximum Gasteiger partial charge on any atom is 0.131 e. The number of benzene rings is 1. The molecule has 1 aromatic carbocycles. The number of rotatable bonds is 0. The fraction of sp³-hybridized carbons (Fsp3) is 0. The molecular weight excluding hydrogens is 603 g/mol. The van der Waals surface area contributed by atoms with Crippen LogP contribution in [0.5, 0.6) is 5.75 Å². The monoisotopic (exact) mass is 605 g/mol. The molecule has 0 unspecified atom stereocenters.